The number of carbonyl (C=O) groups excluding carboxylic acids is 1. The number of hydrogen-bond donors (Lipinski definition) is 2. The van der Waals surface area contributed by atoms with Crippen LogP contribution in [0.5, 0.6) is 0 Å². The number of carbonyl (C=O) groups is 1. The molecule has 0 unspecified atom stereocenters. The van der Waals surface area contributed by atoms with Crippen molar-refractivity contribution in [1.82, 2.24) is 10.6 Å². The molecule has 1 rings (SSSR count). The van der Waals surface area contributed by atoms with E-state index in [-0.39, 0.29) is 5.82 Å². The maximum atomic E-state index is 13.0. The number of halogens is 2. The van der Waals surface area contributed by atoms with Gasteiger partial charge in [0.2, 0.25) is 0 Å². The molecule has 0 saturated carbocycles. The third-order valence-corrected chi connectivity index (χ3v) is 3.09. The fraction of sp³-hybridized carbons (Fsp3) is 0.562. The molecule has 0 radical (unpaired) electrons. The number of ether oxygens (including phenoxy) is 1. The molecule has 1 aromatic rings. The lowest BCUT2D eigenvalue weighted by atomic mass is 10.1. The minimum Gasteiger partial charge on any atom is -0.444 e. The second-order valence-electron chi connectivity index (χ2n) is 6.85. The molecule has 0 aliphatic carbocycles. The van der Waals surface area contributed by atoms with Gasteiger partial charge in [0.15, 0.2) is 0 Å². The van der Waals surface area contributed by atoms with Crippen molar-refractivity contribution >= 4 is 17.7 Å². The Morgan fingerprint density at radius 3 is 2.45 bits per heavy atom. The molecule has 1 amide bonds. The predicted octanol–water partition coefficient (Wildman–Crippen LogP) is 3.87. The first-order valence-electron chi connectivity index (χ1n) is 7.14. The molecule has 22 heavy (non-hydrogen) atoms. The molecule has 4 nitrogen and oxygen atoms in total. The maximum Gasteiger partial charge on any atom is 0.408 e. The molecule has 0 bridgehead atoms. The van der Waals surface area contributed by atoms with Crippen LogP contribution in [0.2, 0.25) is 5.02 Å². The number of nitrogens with one attached hydrogen (secondary N) is 2. The standard InChI is InChI=1S/C16H24ClFN2O2/c1-15(2,3)22-14(21)20-16(4,5)10-19-9-11-6-7-12(18)8-13(11)17/h6-8,19H,9-10H2,1-5H3,(H,20,21). The molecule has 124 valence electrons. The van der Waals surface area contributed by atoms with Gasteiger partial charge in [0.05, 0.1) is 5.54 Å². The van der Waals surface area contributed by atoms with Crippen LogP contribution in [0, 0.1) is 5.82 Å². The Morgan fingerprint density at radius 1 is 1.27 bits per heavy atom. The normalized spacial score (nSPS) is 12.1. The zero-order chi connectivity index (χ0) is 17.0. The first-order chi connectivity index (χ1) is 9.98. The van der Waals surface area contributed by atoms with Crippen LogP contribution >= 0.6 is 11.6 Å². The van der Waals surface area contributed by atoms with Crippen molar-refractivity contribution in [2.24, 2.45) is 0 Å². The topological polar surface area (TPSA) is 50.4 Å². The summed E-state index contributed by atoms with van der Waals surface area (Å²) in [5.41, 5.74) is -0.222. The zero-order valence-corrected chi connectivity index (χ0v) is 14.5. The molecule has 6 heteroatoms. The van der Waals surface area contributed by atoms with Crippen LogP contribution in [0.15, 0.2) is 18.2 Å². The van der Waals surface area contributed by atoms with Crippen LogP contribution in [-0.4, -0.2) is 23.8 Å². The summed E-state index contributed by atoms with van der Waals surface area (Å²) in [5.74, 6) is -0.360. The van der Waals surface area contributed by atoms with E-state index in [9.17, 15) is 9.18 Å². The van der Waals surface area contributed by atoms with Crippen LogP contribution in [0.1, 0.15) is 40.2 Å². The average molecular weight is 331 g/mol. The Kier molecular flexibility index (Phi) is 6.20. The predicted molar refractivity (Wildman–Crippen MR) is 86.6 cm³/mol. The van der Waals surface area contributed by atoms with Crippen LogP contribution in [0.25, 0.3) is 0 Å². The molecule has 2 N–H and O–H groups in total. The molecular formula is C16H24ClFN2O2. The summed E-state index contributed by atoms with van der Waals surface area (Å²) in [6.07, 6.45) is -0.459. The third-order valence-electron chi connectivity index (χ3n) is 2.74. The lowest BCUT2D eigenvalue weighted by Crippen LogP contribution is -2.51. The van der Waals surface area contributed by atoms with E-state index >= 15 is 0 Å². The average Bonchev–Trinajstić information content (AvgIpc) is 2.28. The highest BCUT2D eigenvalue weighted by molar-refractivity contribution is 6.31. The number of amides is 1. The van der Waals surface area contributed by atoms with Crippen molar-refractivity contribution in [2.75, 3.05) is 6.54 Å². The molecule has 0 aliphatic rings. The Hall–Kier alpha value is -1.33. The molecule has 0 saturated heterocycles. The minimum absolute atomic E-state index is 0.360. The van der Waals surface area contributed by atoms with Gasteiger partial charge in [0, 0.05) is 18.1 Å². The van der Waals surface area contributed by atoms with Crippen molar-refractivity contribution in [3.63, 3.8) is 0 Å². The quantitative estimate of drug-likeness (QED) is 0.861. The monoisotopic (exact) mass is 330 g/mol. The molecule has 0 aliphatic heterocycles. The largest absolute Gasteiger partial charge is 0.444 e. The lowest BCUT2D eigenvalue weighted by Gasteiger charge is -2.29. The number of alkyl carbamates (subject to hydrolysis) is 1. The highest BCUT2D eigenvalue weighted by Gasteiger charge is 2.24. The zero-order valence-electron chi connectivity index (χ0n) is 13.7. The Morgan fingerprint density at radius 2 is 1.91 bits per heavy atom. The fourth-order valence-electron chi connectivity index (χ4n) is 1.80. The highest BCUT2D eigenvalue weighted by Crippen LogP contribution is 2.17. The van der Waals surface area contributed by atoms with Gasteiger partial charge in [-0.05, 0) is 52.3 Å². The summed E-state index contributed by atoms with van der Waals surface area (Å²) in [4.78, 5) is 11.8. The molecule has 0 aromatic heterocycles. The van der Waals surface area contributed by atoms with E-state index in [0.29, 0.717) is 18.1 Å². The molecule has 0 spiro atoms. The SMILES string of the molecule is CC(C)(CNCc1ccc(F)cc1Cl)NC(=O)OC(C)(C)C. The van der Waals surface area contributed by atoms with Gasteiger partial charge in [0.1, 0.15) is 11.4 Å². The van der Waals surface area contributed by atoms with Crippen LogP contribution in [0.4, 0.5) is 9.18 Å². The van der Waals surface area contributed by atoms with E-state index in [0.717, 1.165) is 5.56 Å². The van der Waals surface area contributed by atoms with Crippen molar-refractivity contribution in [1.29, 1.82) is 0 Å². The van der Waals surface area contributed by atoms with Gasteiger partial charge in [-0.25, -0.2) is 9.18 Å². The van der Waals surface area contributed by atoms with Crippen molar-refractivity contribution in [2.45, 2.75) is 52.3 Å². The van der Waals surface area contributed by atoms with Gasteiger partial charge in [0.25, 0.3) is 0 Å². The van der Waals surface area contributed by atoms with Gasteiger partial charge < -0.3 is 15.4 Å². The Bertz CT molecular complexity index is 527. The first-order valence-corrected chi connectivity index (χ1v) is 7.52. The molecule has 0 fully saturated rings. The summed E-state index contributed by atoms with van der Waals surface area (Å²) < 4.78 is 18.2. The van der Waals surface area contributed by atoms with E-state index < -0.39 is 17.2 Å². The Labute approximate surface area is 136 Å². The Balaban J connectivity index is 2.47. The van der Waals surface area contributed by atoms with Crippen molar-refractivity contribution in [3.8, 4) is 0 Å². The molecule has 1 aromatic carbocycles. The number of hydrogen-bond acceptors (Lipinski definition) is 3. The maximum absolute atomic E-state index is 13.0. The second kappa shape index (κ2) is 7.29. The van der Waals surface area contributed by atoms with Crippen LogP contribution in [-0.2, 0) is 11.3 Å². The summed E-state index contributed by atoms with van der Waals surface area (Å²) >= 11 is 5.97. The highest BCUT2D eigenvalue weighted by atomic mass is 35.5. The van der Waals surface area contributed by atoms with Crippen LogP contribution in [0.3, 0.4) is 0 Å². The first kappa shape index (κ1) is 18.7. The summed E-state index contributed by atoms with van der Waals surface area (Å²) in [7, 11) is 0. The van der Waals surface area contributed by atoms with Crippen LogP contribution < -0.4 is 10.6 Å². The lowest BCUT2D eigenvalue weighted by molar-refractivity contribution is 0.0472. The van der Waals surface area contributed by atoms with Crippen molar-refractivity contribution < 1.29 is 13.9 Å². The van der Waals surface area contributed by atoms with Gasteiger partial charge in [-0.3, -0.25) is 0 Å². The van der Waals surface area contributed by atoms with E-state index in [1.54, 1.807) is 6.07 Å². The van der Waals surface area contributed by atoms with E-state index in [1.165, 1.54) is 12.1 Å². The van der Waals surface area contributed by atoms with E-state index in [4.69, 9.17) is 16.3 Å². The fourth-order valence-corrected chi connectivity index (χ4v) is 2.03. The summed E-state index contributed by atoms with van der Waals surface area (Å²) in [6.45, 7) is 10.2. The molecule has 0 atom stereocenters. The van der Waals surface area contributed by atoms with E-state index in [1.807, 2.05) is 34.6 Å². The van der Waals surface area contributed by atoms with Gasteiger partial charge in [-0.15, -0.1) is 0 Å². The summed E-state index contributed by atoms with van der Waals surface area (Å²) in [6, 6.07) is 4.29. The van der Waals surface area contributed by atoms with Gasteiger partial charge in [-0.1, -0.05) is 17.7 Å². The number of benzene rings is 1. The summed E-state index contributed by atoms with van der Waals surface area (Å²) in [5, 5.41) is 6.38. The second-order valence-corrected chi connectivity index (χ2v) is 7.26. The van der Waals surface area contributed by atoms with Gasteiger partial charge in [-0.2, -0.15) is 0 Å². The van der Waals surface area contributed by atoms with Gasteiger partial charge >= 0.3 is 6.09 Å². The minimum atomic E-state index is -0.533. The van der Waals surface area contributed by atoms with E-state index in [2.05, 4.69) is 10.6 Å². The molecule has 0 heterocycles. The van der Waals surface area contributed by atoms with Crippen molar-refractivity contribution in [3.05, 3.63) is 34.6 Å². The molecular weight excluding hydrogens is 307 g/mol. The third kappa shape index (κ3) is 7.09. The smallest absolute Gasteiger partial charge is 0.408 e. The number of rotatable bonds is 5.